The molecule has 0 saturated carbocycles. The fourth-order valence-corrected chi connectivity index (χ4v) is 2.66. The van der Waals surface area contributed by atoms with Gasteiger partial charge in [-0.25, -0.2) is 0 Å². The van der Waals surface area contributed by atoms with E-state index in [9.17, 15) is 0 Å². The van der Waals surface area contributed by atoms with Gasteiger partial charge in [0.2, 0.25) is 5.75 Å². The second-order valence-electron chi connectivity index (χ2n) is 5.84. The van der Waals surface area contributed by atoms with E-state index in [1.807, 2.05) is 12.1 Å². The Morgan fingerprint density at radius 1 is 0.875 bits per heavy atom. The highest BCUT2D eigenvalue weighted by Crippen LogP contribution is 2.38. The van der Waals surface area contributed by atoms with Gasteiger partial charge in [0.25, 0.3) is 0 Å². The number of rotatable bonds is 9. The minimum absolute atomic E-state index is 0.421. The van der Waals surface area contributed by atoms with Gasteiger partial charge in [-0.3, -0.25) is 0 Å². The molecule has 0 heterocycles. The number of ether oxygens (including phenoxy) is 3. The van der Waals surface area contributed by atoms with Crippen LogP contribution in [0.1, 0.15) is 24.5 Å². The summed E-state index contributed by atoms with van der Waals surface area (Å²) in [6, 6.07) is 15.0. The summed E-state index contributed by atoms with van der Waals surface area (Å²) >= 11 is 0. The summed E-state index contributed by atoms with van der Waals surface area (Å²) in [7, 11) is 4.89. The van der Waals surface area contributed by atoms with Crippen molar-refractivity contribution in [2.24, 2.45) is 0 Å². The molecule has 0 aliphatic carbocycles. The first-order valence-electron chi connectivity index (χ1n) is 8.24. The van der Waals surface area contributed by atoms with Gasteiger partial charge in [0, 0.05) is 12.6 Å². The lowest BCUT2D eigenvalue weighted by Crippen LogP contribution is -2.26. The summed E-state index contributed by atoms with van der Waals surface area (Å²) in [5, 5.41) is 3.56. The van der Waals surface area contributed by atoms with Crippen LogP contribution in [-0.4, -0.2) is 27.4 Å². The van der Waals surface area contributed by atoms with E-state index in [1.165, 1.54) is 5.56 Å². The number of benzene rings is 2. The summed E-state index contributed by atoms with van der Waals surface area (Å²) in [6.07, 6.45) is 2.17. The fraction of sp³-hybridized carbons (Fsp3) is 0.400. The van der Waals surface area contributed by atoms with Crippen molar-refractivity contribution in [1.82, 2.24) is 5.32 Å². The van der Waals surface area contributed by atoms with Gasteiger partial charge in [0.15, 0.2) is 11.5 Å². The largest absolute Gasteiger partial charge is 0.493 e. The van der Waals surface area contributed by atoms with E-state index in [1.54, 1.807) is 21.3 Å². The Balaban J connectivity index is 1.93. The molecule has 4 nitrogen and oxygen atoms in total. The molecule has 24 heavy (non-hydrogen) atoms. The molecule has 0 fully saturated rings. The van der Waals surface area contributed by atoms with Crippen LogP contribution in [0.25, 0.3) is 0 Å². The van der Waals surface area contributed by atoms with E-state index in [0.29, 0.717) is 23.3 Å². The van der Waals surface area contributed by atoms with Gasteiger partial charge < -0.3 is 19.5 Å². The first-order chi connectivity index (χ1) is 11.7. The summed E-state index contributed by atoms with van der Waals surface area (Å²) in [6.45, 7) is 2.97. The average molecular weight is 329 g/mol. The zero-order valence-electron chi connectivity index (χ0n) is 15.0. The topological polar surface area (TPSA) is 39.7 Å². The van der Waals surface area contributed by atoms with E-state index >= 15 is 0 Å². The Morgan fingerprint density at radius 3 is 2.04 bits per heavy atom. The molecule has 2 aromatic rings. The molecule has 1 atom stereocenters. The molecule has 0 aliphatic rings. The van der Waals surface area contributed by atoms with E-state index in [-0.39, 0.29) is 0 Å². The zero-order chi connectivity index (χ0) is 17.4. The SMILES string of the molecule is COc1cc(CN[C@H](C)CCc2ccccc2)cc(OC)c1OC. The Kier molecular flexibility index (Phi) is 6.94. The average Bonchev–Trinajstić information content (AvgIpc) is 2.64. The molecule has 2 rings (SSSR count). The van der Waals surface area contributed by atoms with Crippen LogP contribution in [0.15, 0.2) is 42.5 Å². The zero-order valence-corrected chi connectivity index (χ0v) is 15.0. The molecule has 0 bridgehead atoms. The van der Waals surface area contributed by atoms with Crippen LogP contribution in [-0.2, 0) is 13.0 Å². The Labute approximate surface area is 144 Å². The van der Waals surface area contributed by atoms with Gasteiger partial charge >= 0.3 is 0 Å². The van der Waals surface area contributed by atoms with E-state index in [0.717, 1.165) is 24.9 Å². The highest BCUT2D eigenvalue weighted by Gasteiger charge is 2.13. The van der Waals surface area contributed by atoms with E-state index in [4.69, 9.17) is 14.2 Å². The van der Waals surface area contributed by atoms with Crippen molar-refractivity contribution >= 4 is 0 Å². The van der Waals surface area contributed by atoms with Gasteiger partial charge in [-0.05, 0) is 43.0 Å². The number of nitrogens with one attached hydrogen (secondary N) is 1. The van der Waals surface area contributed by atoms with Crippen molar-refractivity contribution < 1.29 is 14.2 Å². The Morgan fingerprint density at radius 2 is 1.50 bits per heavy atom. The molecule has 1 N–H and O–H groups in total. The van der Waals surface area contributed by atoms with Crippen molar-refractivity contribution in [3.05, 3.63) is 53.6 Å². The first-order valence-corrected chi connectivity index (χ1v) is 8.24. The van der Waals surface area contributed by atoms with E-state index in [2.05, 4.69) is 42.6 Å². The van der Waals surface area contributed by atoms with Crippen LogP contribution >= 0.6 is 0 Å². The lowest BCUT2D eigenvalue weighted by Gasteiger charge is -2.17. The maximum atomic E-state index is 5.40. The third-order valence-corrected chi connectivity index (χ3v) is 4.09. The summed E-state index contributed by atoms with van der Waals surface area (Å²) < 4.78 is 16.2. The van der Waals surface area contributed by atoms with Crippen molar-refractivity contribution in [2.45, 2.75) is 32.4 Å². The van der Waals surface area contributed by atoms with Crippen LogP contribution in [0.3, 0.4) is 0 Å². The van der Waals surface area contributed by atoms with Crippen LogP contribution in [0, 0.1) is 0 Å². The minimum Gasteiger partial charge on any atom is -0.493 e. The van der Waals surface area contributed by atoms with Gasteiger partial charge in [0.1, 0.15) is 0 Å². The standard InChI is InChI=1S/C20H27NO3/c1-15(10-11-16-8-6-5-7-9-16)21-14-17-12-18(22-2)20(24-4)19(13-17)23-3/h5-9,12-13,15,21H,10-11,14H2,1-4H3/t15-/m1/s1. The minimum atomic E-state index is 0.421. The van der Waals surface area contributed by atoms with Crippen molar-refractivity contribution in [2.75, 3.05) is 21.3 Å². The normalized spacial score (nSPS) is 11.8. The molecule has 0 spiro atoms. The van der Waals surface area contributed by atoms with Gasteiger partial charge in [-0.2, -0.15) is 0 Å². The lowest BCUT2D eigenvalue weighted by atomic mass is 10.1. The van der Waals surface area contributed by atoms with Gasteiger partial charge in [0.05, 0.1) is 21.3 Å². The van der Waals surface area contributed by atoms with Crippen LogP contribution in [0.5, 0.6) is 17.2 Å². The van der Waals surface area contributed by atoms with Gasteiger partial charge in [-0.15, -0.1) is 0 Å². The molecule has 0 aromatic heterocycles. The second-order valence-corrected chi connectivity index (χ2v) is 5.84. The quantitative estimate of drug-likeness (QED) is 0.759. The van der Waals surface area contributed by atoms with E-state index < -0.39 is 0 Å². The summed E-state index contributed by atoms with van der Waals surface area (Å²) in [4.78, 5) is 0. The fourth-order valence-electron chi connectivity index (χ4n) is 2.66. The Hall–Kier alpha value is -2.20. The summed E-state index contributed by atoms with van der Waals surface area (Å²) in [5.74, 6) is 2.00. The monoisotopic (exact) mass is 329 g/mol. The number of aryl methyl sites for hydroxylation is 1. The lowest BCUT2D eigenvalue weighted by molar-refractivity contribution is 0.323. The summed E-state index contributed by atoms with van der Waals surface area (Å²) in [5.41, 5.74) is 2.48. The molecule has 4 heteroatoms. The highest BCUT2D eigenvalue weighted by atomic mass is 16.5. The van der Waals surface area contributed by atoms with Crippen molar-refractivity contribution in [3.8, 4) is 17.2 Å². The van der Waals surface area contributed by atoms with Crippen LogP contribution in [0.2, 0.25) is 0 Å². The molecule has 2 aromatic carbocycles. The number of hydrogen-bond acceptors (Lipinski definition) is 4. The second kappa shape index (κ2) is 9.18. The predicted molar refractivity (Wildman–Crippen MR) is 97.2 cm³/mol. The smallest absolute Gasteiger partial charge is 0.203 e. The van der Waals surface area contributed by atoms with Gasteiger partial charge in [-0.1, -0.05) is 30.3 Å². The van der Waals surface area contributed by atoms with Crippen LogP contribution in [0.4, 0.5) is 0 Å². The third kappa shape index (κ3) is 4.90. The molecule has 130 valence electrons. The van der Waals surface area contributed by atoms with Crippen LogP contribution < -0.4 is 19.5 Å². The molecule has 0 saturated heterocycles. The molecule has 0 aliphatic heterocycles. The maximum Gasteiger partial charge on any atom is 0.203 e. The Bertz CT molecular complexity index is 603. The molecular formula is C20H27NO3. The third-order valence-electron chi connectivity index (χ3n) is 4.09. The number of methoxy groups -OCH3 is 3. The number of hydrogen-bond donors (Lipinski definition) is 1. The predicted octanol–water partition coefficient (Wildman–Crippen LogP) is 3.82. The highest BCUT2D eigenvalue weighted by molar-refractivity contribution is 5.53. The molecular weight excluding hydrogens is 302 g/mol. The van der Waals surface area contributed by atoms with Crippen molar-refractivity contribution in [3.63, 3.8) is 0 Å². The molecule has 0 amide bonds. The molecule has 0 unspecified atom stereocenters. The van der Waals surface area contributed by atoms with Crippen molar-refractivity contribution in [1.29, 1.82) is 0 Å². The first kappa shape index (κ1) is 18.1. The molecule has 0 radical (unpaired) electrons. The maximum absolute atomic E-state index is 5.40.